The number of carbonyl (C=O) groups excluding carboxylic acids is 1. The maximum atomic E-state index is 16.8. The molecule has 0 radical (unpaired) electrons. The lowest BCUT2D eigenvalue weighted by molar-refractivity contribution is -0.137. The van der Waals surface area contributed by atoms with Gasteiger partial charge in [0.1, 0.15) is 24.0 Å². The SMILES string of the molecule is C=CC(=O)N1CCC(Oc2nc(OCC34CCCN3CC(OC)C4)nc3c(F)c(-c4ccc(F)c5sc(N)nc45)c(C(F)(F)F)cc23)C1. The number of anilines is 1. The molecule has 3 saturated heterocycles. The summed E-state index contributed by atoms with van der Waals surface area (Å²) >= 11 is 0.739. The number of thiazole rings is 1. The van der Waals surface area contributed by atoms with Crippen LogP contribution in [0.3, 0.4) is 0 Å². The van der Waals surface area contributed by atoms with E-state index in [2.05, 4.69) is 26.4 Å². The minimum absolute atomic E-state index is 0.00185. The Morgan fingerprint density at radius 1 is 1.17 bits per heavy atom. The van der Waals surface area contributed by atoms with Crippen molar-refractivity contribution in [3.63, 3.8) is 0 Å². The van der Waals surface area contributed by atoms with Gasteiger partial charge >= 0.3 is 12.2 Å². The summed E-state index contributed by atoms with van der Waals surface area (Å²) < 4.78 is 93.4. The Kier molecular flexibility index (Phi) is 8.15. The third-order valence-electron chi connectivity index (χ3n) is 9.45. The van der Waals surface area contributed by atoms with Crippen LogP contribution in [0.2, 0.25) is 0 Å². The Hall–Kier alpha value is -4.15. The average Bonchev–Trinajstić information content (AvgIpc) is 3.83. The van der Waals surface area contributed by atoms with Gasteiger partial charge in [-0.3, -0.25) is 9.69 Å². The van der Waals surface area contributed by atoms with Gasteiger partial charge in [0.05, 0.1) is 39.4 Å². The van der Waals surface area contributed by atoms with Crippen molar-refractivity contribution in [2.24, 2.45) is 0 Å². The highest BCUT2D eigenvalue weighted by Crippen LogP contribution is 2.46. The number of carbonyl (C=O) groups is 1. The standard InChI is InChI=1S/C32H31F5N6O4S/c1-3-22(44)42-10-7-16(13-42)47-28-19-11-20(32(35,36)37)23(18-5-6-21(33)27-26(18)39-29(38)48-27)24(34)25(19)40-30(41-28)46-15-31-8-4-9-43(31)14-17(12-31)45-2/h3,5-6,11,16-17H,1,4,7-10,12-15H2,2H3,(H2,38,39). The molecule has 0 saturated carbocycles. The zero-order valence-corrected chi connectivity index (χ0v) is 26.6. The molecule has 3 unspecified atom stereocenters. The Morgan fingerprint density at radius 3 is 2.73 bits per heavy atom. The lowest BCUT2D eigenvalue weighted by Gasteiger charge is -2.31. The molecule has 0 spiro atoms. The maximum absolute atomic E-state index is 16.8. The number of halogens is 5. The molecule has 2 aromatic heterocycles. The van der Waals surface area contributed by atoms with E-state index in [1.54, 1.807) is 7.11 Å². The van der Waals surface area contributed by atoms with Crippen molar-refractivity contribution in [3.8, 4) is 23.0 Å². The van der Waals surface area contributed by atoms with Gasteiger partial charge in [-0.15, -0.1) is 0 Å². The van der Waals surface area contributed by atoms with Gasteiger partial charge in [0.25, 0.3) is 0 Å². The number of hydrogen-bond acceptors (Lipinski definition) is 10. The van der Waals surface area contributed by atoms with Crippen LogP contribution in [0.4, 0.5) is 27.1 Å². The number of methoxy groups -OCH3 is 1. The summed E-state index contributed by atoms with van der Waals surface area (Å²) in [6, 6.07) is 2.41. The van der Waals surface area contributed by atoms with Crippen LogP contribution in [0.25, 0.3) is 32.2 Å². The summed E-state index contributed by atoms with van der Waals surface area (Å²) in [5.74, 6) is -2.75. The number of ether oxygens (including phenoxy) is 3. The topological polar surface area (TPSA) is 116 Å². The number of nitrogen functional groups attached to an aromatic ring is 1. The van der Waals surface area contributed by atoms with E-state index in [1.807, 2.05) is 0 Å². The first-order chi connectivity index (χ1) is 22.9. The van der Waals surface area contributed by atoms with Gasteiger partial charge < -0.3 is 24.8 Å². The molecule has 16 heteroatoms. The highest BCUT2D eigenvalue weighted by molar-refractivity contribution is 7.22. The fraction of sp³-hybridized carbons (Fsp3) is 0.438. The quantitative estimate of drug-likeness (QED) is 0.187. The average molecular weight is 691 g/mol. The third-order valence-corrected chi connectivity index (χ3v) is 10.3. The van der Waals surface area contributed by atoms with Crippen molar-refractivity contribution in [1.29, 1.82) is 0 Å². The zero-order chi connectivity index (χ0) is 34.0. The lowest BCUT2D eigenvalue weighted by Crippen LogP contribution is -2.43. The van der Waals surface area contributed by atoms with Crippen LogP contribution in [0, 0.1) is 11.6 Å². The van der Waals surface area contributed by atoms with Crippen LogP contribution >= 0.6 is 11.3 Å². The second-order valence-electron chi connectivity index (χ2n) is 12.3. The lowest BCUT2D eigenvalue weighted by atomic mass is 9.94. The molecule has 2 N–H and O–H groups in total. The smallest absolute Gasteiger partial charge is 0.417 e. The largest absolute Gasteiger partial charge is 0.472 e. The first-order valence-corrected chi connectivity index (χ1v) is 16.2. The number of nitrogens with zero attached hydrogens (tertiary/aromatic N) is 5. The van der Waals surface area contributed by atoms with Crippen molar-refractivity contribution in [2.45, 2.75) is 49.6 Å². The maximum Gasteiger partial charge on any atom is 0.417 e. The van der Waals surface area contributed by atoms with Gasteiger partial charge in [0.15, 0.2) is 10.9 Å². The van der Waals surface area contributed by atoms with E-state index in [4.69, 9.17) is 19.9 Å². The van der Waals surface area contributed by atoms with Crippen molar-refractivity contribution in [1.82, 2.24) is 24.8 Å². The summed E-state index contributed by atoms with van der Waals surface area (Å²) in [6.45, 7) is 5.64. The molecule has 10 nitrogen and oxygen atoms in total. The fourth-order valence-corrected chi connectivity index (χ4v) is 7.91. The second-order valence-corrected chi connectivity index (χ2v) is 13.3. The molecular formula is C32H31F5N6O4S. The van der Waals surface area contributed by atoms with Crippen LogP contribution in [0.15, 0.2) is 30.9 Å². The first kappa shape index (κ1) is 32.4. The summed E-state index contributed by atoms with van der Waals surface area (Å²) in [6.07, 6.45) is -1.75. The molecule has 0 aliphatic carbocycles. The Bertz CT molecular complexity index is 1940. The molecule has 1 amide bonds. The number of rotatable bonds is 8. The summed E-state index contributed by atoms with van der Waals surface area (Å²) in [7, 11) is 1.65. The van der Waals surface area contributed by atoms with Crippen molar-refractivity contribution >= 4 is 43.5 Å². The highest BCUT2D eigenvalue weighted by Gasteiger charge is 2.49. The molecule has 48 heavy (non-hydrogen) atoms. The van der Waals surface area contributed by atoms with Crippen LogP contribution in [0.1, 0.15) is 31.2 Å². The van der Waals surface area contributed by atoms with E-state index in [9.17, 15) is 22.4 Å². The summed E-state index contributed by atoms with van der Waals surface area (Å²) in [5.41, 5.74) is 2.18. The van der Waals surface area contributed by atoms with E-state index in [1.165, 1.54) is 4.90 Å². The normalized spacial score (nSPS) is 22.9. The van der Waals surface area contributed by atoms with E-state index >= 15 is 4.39 Å². The number of nitrogens with two attached hydrogens (primary N) is 1. The number of aromatic nitrogens is 3. The molecule has 4 aromatic rings. The number of benzene rings is 2. The molecule has 3 fully saturated rings. The minimum atomic E-state index is -5.06. The Labute approximate surface area is 275 Å². The van der Waals surface area contributed by atoms with Gasteiger partial charge in [-0.05, 0) is 50.1 Å². The summed E-state index contributed by atoms with van der Waals surface area (Å²) in [5, 5.41) is -0.440. The molecule has 254 valence electrons. The fourth-order valence-electron chi connectivity index (χ4n) is 7.15. The zero-order valence-electron chi connectivity index (χ0n) is 25.8. The number of alkyl halides is 3. The number of likely N-dealkylation sites (tertiary alicyclic amines) is 1. The van der Waals surface area contributed by atoms with E-state index < -0.39 is 40.6 Å². The Morgan fingerprint density at radius 2 is 1.98 bits per heavy atom. The molecule has 3 aliphatic heterocycles. The third kappa shape index (κ3) is 5.58. The molecule has 5 heterocycles. The molecule has 3 atom stereocenters. The van der Waals surface area contributed by atoms with Crippen LogP contribution < -0.4 is 15.2 Å². The monoisotopic (exact) mass is 690 g/mol. The molecule has 0 bridgehead atoms. The minimum Gasteiger partial charge on any atom is -0.472 e. The van der Waals surface area contributed by atoms with Crippen molar-refractivity contribution < 1.29 is 41.0 Å². The first-order valence-electron chi connectivity index (χ1n) is 15.4. The van der Waals surface area contributed by atoms with Crippen molar-refractivity contribution in [3.05, 3.63) is 48.1 Å². The van der Waals surface area contributed by atoms with Gasteiger partial charge in [-0.25, -0.2) is 13.8 Å². The van der Waals surface area contributed by atoms with E-state index in [0.717, 1.165) is 61.5 Å². The molecular weight excluding hydrogens is 659 g/mol. The van der Waals surface area contributed by atoms with Crippen LogP contribution in [-0.4, -0.2) is 88.3 Å². The predicted molar refractivity (Wildman–Crippen MR) is 168 cm³/mol. The predicted octanol–water partition coefficient (Wildman–Crippen LogP) is 5.58. The van der Waals surface area contributed by atoms with Gasteiger partial charge in [-0.2, -0.15) is 23.1 Å². The van der Waals surface area contributed by atoms with E-state index in [-0.39, 0.29) is 68.9 Å². The number of fused-ring (bicyclic) bond motifs is 3. The van der Waals surface area contributed by atoms with Gasteiger partial charge in [0.2, 0.25) is 11.8 Å². The van der Waals surface area contributed by atoms with Crippen molar-refractivity contribution in [2.75, 3.05) is 45.6 Å². The second kappa shape index (κ2) is 12.1. The molecule has 3 aliphatic rings. The molecule has 2 aromatic carbocycles. The number of amides is 1. The van der Waals surface area contributed by atoms with Crippen LogP contribution in [0.5, 0.6) is 11.9 Å². The van der Waals surface area contributed by atoms with Gasteiger partial charge in [0, 0.05) is 37.7 Å². The molecule has 7 rings (SSSR count). The summed E-state index contributed by atoms with van der Waals surface area (Å²) in [4.78, 5) is 28.6. The van der Waals surface area contributed by atoms with E-state index in [0.29, 0.717) is 19.4 Å². The number of hydrogen-bond donors (Lipinski definition) is 1. The van der Waals surface area contributed by atoms with Crippen LogP contribution in [-0.2, 0) is 15.7 Å². The Balaban J connectivity index is 1.37. The van der Waals surface area contributed by atoms with Gasteiger partial charge in [-0.1, -0.05) is 17.9 Å². The highest BCUT2D eigenvalue weighted by atomic mass is 32.1.